The number of ether oxygens (including phenoxy) is 2. The molecule has 2 aromatic carbocycles. The summed E-state index contributed by atoms with van der Waals surface area (Å²) in [5, 5.41) is 2.88. The molecular weight excluding hydrogens is 386 g/mol. The number of Topliss-reactive ketones (excluding diaryl/α,β-unsaturated/α-hetero) is 1. The summed E-state index contributed by atoms with van der Waals surface area (Å²) in [4.78, 5) is 23.5. The molecule has 132 valence electrons. The Morgan fingerprint density at radius 1 is 1.12 bits per heavy atom. The Bertz CT molecular complexity index is 759. The molecule has 5 nitrogen and oxygen atoms in total. The Kier molecular flexibility index (Phi) is 6.58. The molecule has 25 heavy (non-hydrogen) atoms. The fourth-order valence-corrected chi connectivity index (χ4v) is 2.53. The second kappa shape index (κ2) is 8.67. The van der Waals surface area contributed by atoms with Crippen molar-refractivity contribution in [2.45, 2.75) is 19.9 Å². The van der Waals surface area contributed by atoms with Crippen LogP contribution in [0.4, 0.5) is 0 Å². The fourth-order valence-electron chi connectivity index (χ4n) is 2.27. The predicted molar refractivity (Wildman–Crippen MR) is 99.2 cm³/mol. The summed E-state index contributed by atoms with van der Waals surface area (Å²) in [6, 6.07) is 12.5. The van der Waals surface area contributed by atoms with Gasteiger partial charge in [-0.25, -0.2) is 0 Å². The van der Waals surface area contributed by atoms with Crippen LogP contribution in [0.25, 0.3) is 0 Å². The van der Waals surface area contributed by atoms with Crippen molar-refractivity contribution in [2.24, 2.45) is 0 Å². The van der Waals surface area contributed by atoms with Gasteiger partial charge in [-0.1, -0.05) is 28.1 Å². The number of carbonyl (C=O) groups is 2. The van der Waals surface area contributed by atoms with Crippen LogP contribution in [-0.2, 0) is 4.79 Å². The molecule has 2 aromatic rings. The molecule has 0 bridgehead atoms. The topological polar surface area (TPSA) is 64.6 Å². The molecule has 6 heteroatoms. The Morgan fingerprint density at radius 3 is 2.40 bits per heavy atom. The van der Waals surface area contributed by atoms with Crippen LogP contribution in [-0.4, -0.2) is 25.4 Å². The lowest BCUT2D eigenvalue weighted by Gasteiger charge is -2.16. The number of benzene rings is 2. The minimum Gasteiger partial charge on any atom is -0.493 e. The first-order valence-electron chi connectivity index (χ1n) is 7.77. The van der Waals surface area contributed by atoms with Crippen LogP contribution >= 0.6 is 15.9 Å². The third kappa shape index (κ3) is 5.32. The van der Waals surface area contributed by atoms with E-state index < -0.39 is 0 Å². The summed E-state index contributed by atoms with van der Waals surface area (Å²) < 4.78 is 11.7. The van der Waals surface area contributed by atoms with Gasteiger partial charge in [0.15, 0.2) is 23.9 Å². The van der Waals surface area contributed by atoms with Gasteiger partial charge in [-0.15, -0.1) is 0 Å². The van der Waals surface area contributed by atoms with Gasteiger partial charge in [0.2, 0.25) is 0 Å². The van der Waals surface area contributed by atoms with Gasteiger partial charge >= 0.3 is 0 Å². The number of methoxy groups -OCH3 is 1. The molecule has 0 spiro atoms. The smallest absolute Gasteiger partial charge is 0.258 e. The maximum Gasteiger partial charge on any atom is 0.258 e. The molecule has 1 unspecified atom stereocenters. The van der Waals surface area contributed by atoms with Gasteiger partial charge in [-0.2, -0.15) is 0 Å². The lowest BCUT2D eigenvalue weighted by molar-refractivity contribution is -0.123. The summed E-state index contributed by atoms with van der Waals surface area (Å²) in [6.07, 6.45) is 0. The number of halogens is 1. The van der Waals surface area contributed by atoms with Gasteiger partial charge in [0, 0.05) is 10.0 Å². The minimum absolute atomic E-state index is 0.0640. The molecule has 0 aliphatic carbocycles. The highest BCUT2D eigenvalue weighted by molar-refractivity contribution is 9.10. The molecule has 0 aromatic heterocycles. The van der Waals surface area contributed by atoms with E-state index in [0.29, 0.717) is 17.1 Å². The Hall–Kier alpha value is -2.34. The molecule has 0 aliphatic rings. The van der Waals surface area contributed by atoms with Crippen LogP contribution < -0.4 is 14.8 Å². The Morgan fingerprint density at radius 2 is 1.80 bits per heavy atom. The van der Waals surface area contributed by atoms with Crippen LogP contribution in [0.1, 0.15) is 35.8 Å². The molecule has 0 heterocycles. The van der Waals surface area contributed by atoms with Gasteiger partial charge in [-0.3, -0.25) is 9.59 Å². The monoisotopic (exact) mass is 405 g/mol. The standard InChI is InChI=1S/C19H20BrNO4/c1-12(14-4-7-16(20)8-5-14)21-19(23)11-25-17-9-6-15(13(2)22)10-18(17)24-3/h4-10,12H,11H2,1-3H3,(H,21,23). The van der Waals surface area contributed by atoms with Crippen molar-refractivity contribution in [1.82, 2.24) is 5.32 Å². The molecule has 1 N–H and O–H groups in total. The van der Waals surface area contributed by atoms with Gasteiger partial charge in [-0.05, 0) is 49.7 Å². The van der Waals surface area contributed by atoms with E-state index >= 15 is 0 Å². The highest BCUT2D eigenvalue weighted by Gasteiger charge is 2.13. The van der Waals surface area contributed by atoms with Gasteiger partial charge in [0.25, 0.3) is 5.91 Å². The third-order valence-electron chi connectivity index (χ3n) is 3.68. The summed E-state index contributed by atoms with van der Waals surface area (Å²) in [5.74, 6) is 0.527. The molecule has 0 saturated carbocycles. The lowest BCUT2D eigenvalue weighted by Crippen LogP contribution is -2.31. The molecule has 0 aliphatic heterocycles. The Balaban J connectivity index is 1.95. The Labute approximate surface area is 155 Å². The van der Waals surface area contributed by atoms with Crippen LogP contribution in [0.15, 0.2) is 46.9 Å². The third-order valence-corrected chi connectivity index (χ3v) is 4.21. The first kappa shape index (κ1) is 19.0. The first-order chi connectivity index (χ1) is 11.9. The fraction of sp³-hybridized carbons (Fsp3) is 0.263. The van der Waals surface area contributed by atoms with Crippen LogP contribution in [0.3, 0.4) is 0 Å². The van der Waals surface area contributed by atoms with Crippen molar-refractivity contribution < 1.29 is 19.1 Å². The summed E-state index contributed by atoms with van der Waals surface area (Å²) in [6.45, 7) is 3.24. The molecule has 1 amide bonds. The second-order valence-corrected chi connectivity index (χ2v) is 6.47. The maximum atomic E-state index is 12.1. The number of amides is 1. The molecule has 2 rings (SSSR count). The van der Waals surface area contributed by atoms with E-state index in [1.807, 2.05) is 31.2 Å². The van der Waals surface area contributed by atoms with Gasteiger partial charge in [0.1, 0.15) is 0 Å². The SMILES string of the molecule is COc1cc(C(C)=O)ccc1OCC(=O)NC(C)c1ccc(Br)cc1. The number of rotatable bonds is 7. The van der Waals surface area contributed by atoms with Crippen molar-refractivity contribution in [1.29, 1.82) is 0 Å². The predicted octanol–water partition coefficient (Wildman–Crippen LogP) is 3.92. The molecular formula is C19H20BrNO4. The van der Waals surface area contributed by atoms with Crippen molar-refractivity contribution in [3.63, 3.8) is 0 Å². The van der Waals surface area contributed by atoms with Crippen LogP contribution in [0, 0.1) is 0 Å². The zero-order valence-corrected chi connectivity index (χ0v) is 15.9. The van der Waals surface area contributed by atoms with E-state index in [1.54, 1.807) is 18.2 Å². The van der Waals surface area contributed by atoms with E-state index in [1.165, 1.54) is 14.0 Å². The first-order valence-corrected chi connectivity index (χ1v) is 8.56. The van der Waals surface area contributed by atoms with E-state index in [4.69, 9.17) is 9.47 Å². The summed E-state index contributed by atoms with van der Waals surface area (Å²) in [5.41, 5.74) is 1.53. The van der Waals surface area contributed by atoms with Crippen molar-refractivity contribution in [2.75, 3.05) is 13.7 Å². The molecule has 1 atom stereocenters. The summed E-state index contributed by atoms with van der Waals surface area (Å²) >= 11 is 3.38. The van der Waals surface area contributed by atoms with Crippen molar-refractivity contribution in [3.8, 4) is 11.5 Å². The zero-order chi connectivity index (χ0) is 18.4. The zero-order valence-electron chi connectivity index (χ0n) is 14.3. The van der Waals surface area contributed by atoms with Gasteiger partial charge < -0.3 is 14.8 Å². The summed E-state index contributed by atoms with van der Waals surface area (Å²) in [7, 11) is 1.49. The van der Waals surface area contributed by atoms with E-state index in [-0.39, 0.29) is 24.3 Å². The quantitative estimate of drug-likeness (QED) is 0.708. The largest absolute Gasteiger partial charge is 0.493 e. The maximum absolute atomic E-state index is 12.1. The van der Waals surface area contributed by atoms with Crippen molar-refractivity contribution in [3.05, 3.63) is 58.1 Å². The highest BCUT2D eigenvalue weighted by Crippen LogP contribution is 2.28. The number of hydrogen-bond acceptors (Lipinski definition) is 4. The number of carbonyl (C=O) groups excluding carboxylic acids is 2. The average molecular weight is 406 g/mol. The normalized spacial score (nSPS) is 11.5. The highest BCUT2D eigenvalue weighted by atomic mass is 79.9. The van der Waals surface area contributed by atoms with E-state index in [2.05, 4.69) is 21.2 Å². The number of ketones is 1. The molecule has 0 fully saturated rings. The van der Waals surface area contributed by atoms with Crippen LogP contribution in [0.5, 0.6) is 11.5 Å². The average Bonchev–Trinajstić information content (AvgIpc) is 2.60. The lowest BCUT2D eigenvalue weighted by atomic mass is 10.1. The minimum atomic E-state index is -0.242. The number of nitrogens with one attached hydrogen (secondary N) is 1. The van der Waals surface area contributed by atoms with Crippen LogP contribution in [0.2, 0.25) is 0 Å². The number of hydrogen-bond donors (Lipinski definition) is 1. The molecule has 0 saturated heterocycles. The van der Waals surface area contributed by atoms with Gasteiger partial charge in [0.05, 0.1) is 13.2 Å². The van der Waals surface area contributed by atoms with E-state index in [0.717, 1.165) is 10.0 Å². The van der Waals surface area contributed by atoms with Crippen molar-refractivity contribution >= 4 is 27.6 Å². The second-order valence-electron chi connectivity index (χ2n) is 5.55. The van der Waals surface area contributed by atoms with E-state index in [9.17, 15) is 9.59 Å². The molecule has 0 radical (unpaired) electrons.